The van der Waals surface area contributed by atoms with Gasteiger partial charge in [0.15, 0.2) is 6.29 Å². The number of aromatic nitrogens is 1. The highest BCUT2D eigenvalue weighted by Gasteiger charge is 2.24. The molecule has 1 aromatic rings. The van der Waals surface area contributed by atoms with Gasteiger partial charge in [-0.05, 0) is 45.1 Å². The van der Waals surface area contributed by atoms with Crippen molar-refractivity contribution in [3.63, 3.8) is 0 Å². The quantitative estimate of drug-likeness (QED) is 0.803. The van der Waals surface area contributed by atoms with E-state index in [9.17, 15) is 0 Å². The van der Waals surface area contributed by atoms with Gasteiger partial charge in [-0.15, -0.1) is 11.3 Å². The van der Waals surface area contributed by atoms with E-state index in [4.69, 9.17) is 14.5 Å². The Balaban J connectivity index is 1.42. The molecule has 4 nitrogen and oxygen atoms in total. The minimum Gasteiger partial charge on any atom is -0.353 e. The third-order valence-corrected chi connectivity index (χ3v) is 5.69. The van der Waals surface area contributed by atoms with Crippen molar-refractivity contribution in [1.82, 2.24) is 9.88 Å². The first-order valence-corrected chi connectivity index (χ1v) is 9.63. The van der Waals surface area contributed by atoms with Gasteiger partial charge in [0.1, 0.15) is 0 Å². The highest BCUT2D eigenvalue weighted by Crippen LogP contribution is 2.29. The summed E-state index contributed by atoms with van der Waals surface area (Å²) in [6.07, 6.45) is 7.11. The summed E-state index contributed by atoms with van der Waals surface area (Å²) in [6, 6.07) is 0. The fourth-order valence-corrected chi connectivity index (χ4v) is 4.32. The fraction of sp³-hybridized carbons (Fsp3) is 0.824. The molecule has 5 heteroatoms. The molecule has 0 radical (unpaired) electrons. The molecule has 0 spiro atoms. The first kappa shape index (κ1) is 16.4. The average Bonchev–Trinajstić information content (AvgIpc) is 3.05. The molecule has 2 fully saturated rings. The number of nitrogens with zero attached hydrogens (tertiary/aromatic N) is 2. The smallest absolute Gasteiger partial charge is 0.157 e. The van der Waals surface area contributed by atoms with E-state index in [0.29, 0.717) is 5.92 Å². The van der Waals surface area contributed by atoms with Crippen LogP contribution >= 0.6 is 11.3 Å². The van der Waals surface area contributed by atoms with Crippen molar-refractivity contribution in [3.8, 4) is 0 Å². The maximum Gasteiger partial charge on any atom is 0.157 e. The number of rotatable bonds is 6. The Morgan fingerprint density at radius 2 is 2.32 bits per heavy atom. The van der Waals surface area contributed by atoms with Crippen LogP contribution in [0, 0.1) is 0 Å². The lowest BCUT2D eigenvalue weighted by molar-refractivity contribution is -0.164. The maximum atomic E-state index is 5.87. The minimum atomic E-state index is 0.0420. The van der Waals surface area contributed by atoms with Crippen LogP contribution in [0.3, 0.4) is 0 Å². The van der Waals surface area contributed by atoms with E-state index >= 15 is 0 Å². The Bertz CT molecular complexity index is 446. The third kappa shape index (κ3) is 4.51. The average molecular weight is 324 g/mol. The number of aryl methyl sites for hydroxylation is 1. The van der Waals surface area contributed by atoms with E-state index in [0.717, 1.165) is 39.1 Å². The number of piperidine rings is 1. The van der Waals surface area contributed by atoms with Crippen LogP contribution in [-0.2, 0) is 15.9 Å². The molecule has 0 N–H and O–H groups in total. The molecule has 124 valence electrons. The van der Waals surface area contributed by atoms with Crippen LogP contribution in [0.4, 0.5) is 0 Å². The van der Waals surface area contributed by atoms with Gasteiger partial charge in [0.05, 0.1) is 17.3 Å². The van der Waals surface area contributed by atoms with Gasteiger partial charge in [-0.1, -0.05) is 6.92 Å². The zero-order valence-electron chi connectivity index (χ0n) is 13.6. The summed E-state index contributed by atoms with van der Waals surface area (Å²) >= 11 is 1.84. The first-order valence-electron chi connectivity index (χ1n) is 8.75. The lowest BCUT2D eigenvalue weighted by Crippen LogP contribution is -2.37. The summed E-state index contributed by atoms with van der Waals surface area (Å²) in [5, 5.41) is 3.55. The lowest BCUT2D eigenvalue weighted by Gasteiger charge is -2.32. The van der Waals surface area contributed by atoms with E-state index in [1.807, 2.05) is 11.3 Å². The number of hydrogen-bond acceptors (Lipinski definition) is 5. The second kappa shape index (κ2) is 8.39. The minimum absolute atomic E-state index is 0.0420. The molecular weight excluding hydrogens is 296 g/mol. The molecule has 0 aliphatic carbocycles. The van der Waals surface area contributed by atoms with E-state index in [1.54, 1.807) is 0 Å². The molecule has 0 unspecified atom stereocenters. The van der Waals surface area contributed by atoms with Gasteiger partial charge in [0.2, 0.25) is 0 Å². The van der Waals surface area contributed by atoms with Crippen LogP contribution in [0.5, 0.6) is 0 Å². The highest BCUT2D eigenvalue weighted by atomic mass is 32.1. The largest absolute Gasteiger partial charge is 0.353 e. The molecule has 0 amide bonds. The standard InChI is InChI=1S/C17H28N2O2S/c1-2-15-13-22-17(18-15)14-6-5-8-19(12-14)9-11-21-16-7-3-4-10-20-16/h13-14,16H,2-12H2,1H3/t14-,16+/m1/s1. The van der Waals surface area contributed by atoms with Crippen LogP contribution < -0.4 is 0 Å². The van der Waals surface area contributed by atoms with Gasteiger partial charge in [-0.25, -0.2) is 4.98 Å². The molecule has 2 aliphatic heterocycles. The predicted octanol–water partition coefficient (Wildman–Crippen LogP) is 3.43. The Kier molecular flexibility index (Phi) is 6.24. The summed E-state index contributed by atoms with van der Waals surface area (Å²) in [5.74, 6) is 0.616. The molecule has 0 aromatic carbocycles. The van der Waals surface area contributed by atoms with Crippen molar-refractivity contribution in [2.75, 3.05) is 32.8 Å². The van der Waals surface area contributed by atoms with Crippen LogP contribution in [0.15, 0.2) is 5.38 Å². The van der Waals surface area contributed by atoms with Crippen LogP contribution in [0.25, 0.3) is 0 Å². The van der Waals surface area contributed by atoms with Gasteiger partial charge in [-0.2, -0.15) is 0 Å². The first-order chi connectivity index (χ1) is 10.8. The predicted molar refractivity (Wildman–Crippen MR) is 89.5 cm³/mol. The van der Waals surface area contributed by atoms with Gasteiger partial charge >= 0.3 is 0 Å². The van der Waals surface area contributed by atoms with Crippen molar-refractivity contribution in [3.05, 3.63) is 16.1 Å². The molecule has 3 heterocycles. The van der Waals surface area contributed by atoms with E-state index in [1.165, 1.54) is 42.9 Å². The Morgan fingerprint density at radius 1 is 1.36 bits per heavy atom. The van der Waals surface area contributed by atoms with Crippen molar-refractivity contribution >= 4 is 11.3 Å². The topological polar surface area (TPSA) is 34.6 Å². The van der Waals surface area contributed by atoms with Gasteiger partial charge < -0.3 is 14.4 Å². The van der Waals surface area contributed by atoms with E-state index in [-0.39, 0.29) is 6.29 Å². The third-order valence-electron chi connectivity index (χ3n) is 4.64. The summed E-state index contributed by atoms with van der Waals surface area (Å²) in [6.45, 7) is 7.16. The normalized spacial score (nSPS) is 27.1. The second-order valence-corrected chi connectivity index (χ2v) is 7.23. The summed E-state index contributed by atoms with van der Waals surface area (Å²) < 4.78 is 11.5. The molecule has 22 heavy (non-hydrogen) atoms. The number of likely N-dealkylation sites (tertiary alicyclic amines) is 1. The van der Waals surface area contributed by atoms with Crippen LogP contribution in [0.1, 0.15) is 55.6 Å². The molecule has 2 aliphatic rings. The summed E-state index contributed by atoms with van der Waals surface area (Å²) in [7, 11) is 0. The Morgan fingerprint density at radius 3 is 3.09 bits per heavy atom. The molecule has 0 bridgehead atoms. The van der Waals surface area contributed by atoms with Crippen LogP contribution in [-0.4, -0.2) is 49.0 Å². The Hall–Kier alpha value is -0.490. The van der Waals surface area contributed by atoms with E-state index < -0.39 is 0 Å². The van der Waals surface area contributed by atoms with Gasteiger partial charge in [0.25, 0.3) is 0 Å². The van der Waals surface area contributed by atoms with Crippen molar-refractivity contribution in [2.45, 2.75) is 57.7 Å². The van der Waals surface area contributed by atoms with Crippen LogP contribution in [0.2, 0.25) is 0 Å². The molecule has 1 aromatic heterocycles. The van der Waals surface area contributed by atoms with Crippen molar-refractivity contribution < 1.29 is 9.47 Å². The van der Waals surface area contributed by atoms with Crippen molar-refractivity contribution in [1.29, 1.82) is 0 Å². The zero-order chi connectivity index (χ0) is 15.2. The molecule has 0 saturated carbocycles. The molecule has 3 rings (SSSR count). The summed E-state index contributed by atoms with van der Waals surface area (Å²) in [5.41, 5.74) is 1.25. The number of thiazole rings is 1. The van der Waals surface area contributed by atoms with Crippen molar-refractivity contribution in [2.24, 2.45) is 0 Å². The fourth-order valence-electron chi connectivity index (χ4n) is 3.29. The number of hydrogen-bond donors (Lipinski definition) is 0. The van der Waals surface area contributed by atoms with E-state index in [2.05, 4.69) is 17.2 Å². The lowest BCUT2D eigenvalue weighted by atomic mass is 9.99. The van der Waals surface area contributed by atoms with Gasteiger partial charge in [-0.3, -0.25) is 0 Å². The highest BCUT2D eigenvalue weighted by molar-refractivity contribution is 7.09. The SMILES string of the molecule is CCc1csc([C@@H]2CCCN(CCO[C@H]3CCCCO3)C2)n1. The summed E-state index contributed by atoms with van der Waals surface area (Å²) in [4.78, 5) is 7.31. The number of ether oxygens (including phenoxy) is 2. The molecule has 2 saturated heterocycles. The van der Waals surface area contributed by atoms with Gasteiger partial charge in [0, 0.05) is 31.0 Å². The zero-order valence-corrected chi connectivity index (χ0v) is 14.4. The Labute approximate surface area is 137 Å². The molecular formula is C17H28N2O2S. The second-order valence-electron chi connectivity index (χ2n) is 6.34. The molecule has 2 atom stereocenters. The monoisotopic (exact) mass is 324 g/mol. The maximum absolute atomic E-state index is 5.87.